The molecule has 2 fully saturated rings. The van der Waals surface area contributed by atoms with Crippen LogP contribution in [0.15, 0.2) is 11.6 Å². The zero-order chi connectivity index (χ0) is 15.6. The number of esters is 1. The Morgan fingerprint density at radius 1 is 1.38 bits per heavy atom. The molecule has 5 atom stereocenters. The molecule has 6 nitrogen and oxygen atoms in total. The Morgan fingerprint density at radius 2 is 2.00 bits per heavy atom. The minimum absolute atomic E-state index is 0.0218. The second-order valence-electron chi connectivity index (χ2n) is 6.87. The minimum Gasteiger partial charge on any atom is -0.457 e. The van der Waals surface area contributed by atoms with Crippen molar-refractivity contribution < 1.29 is 30.0 Å². The standard InChI is InChI=1S/C15H22O6/c1-8-3-4-9-14(6-16,7-17)13(2,20)10-5-15(8,9)11(18)12(19)21-10/h4,8,10-11,16-18,20H,3,5-7H2,1-2H3. The van der Waals surface area contributed by atoms with Crippen molar-refractivity contribution in [3.63, 3.8) is 0 Å². The van der Waals surface area contributed by atoms with Gasteiger partial charge in [-0.15, -0.1) is 0 Å². The quantitative estimate of drug-likeness (QED) is 0.399. The fraction of sp³-hybridized carbons (Fsp3) is 0.800. The van der Waals surface area contributed by atoms with Crippen LogP contribution in [-0.4, -0.2) is 57.4 Å². The summed E-state index contributed by atoms with van der Waals surface area (Å²) in [5.74, 6) is -0.762. The van der Waals surface area contributed by atoms with Crippen LogP contribution < -0.4 is 0 Å². The van der Waals surface area contributed by atoms with Crippen LogP contribution in [0.4, 0.5) is 0 Å². The predicted octanol–water partition coefficient (Wildman–Crippen LogP) is -0.649. The van der Waals surface area contributed by atoms with Gasteiger partial charge in [0.15, 0.2) is 6.10 Å². The van der Waals surface area contributed by atoms with E-state index in [1.807, 2.05) is 13.0 Å². The molecule has 1 heterocycles. The van der Waals surface area contributed by atoms with Crippen molar-refractivity contribution in [2.24, 2.45) is 16.7 Å². The average Bonchev–Trinajstić information content (AvgIpc) is 2.76. The molecule has 1 aliphatic heterocycles. The molecular formula is C15H22O6. The molecule has 0 aromatic heterocycles. The van der Waals surface area contributed by atoms with Crippen LogP contribution in [0.1, 0.15) is 26.7 Å². The number of hydrogen-bond acceptors (Lipinski definition) is 6. The Hall–Kier alpha value is -0.950. The van der Waals surface area contributed by atoms with E-state index in [0.29, 0.717) is 18.4 Å². The van der Waals surface area contributed by atoms with Crippen molar-refractivity contribution in [1.29, 1.82) is 0 Å². The lowest BCUT2D eigenvalue weighted by atomic mass is 9.48. The molecule has 2 bridgehead atoms. The molecule has 3 rings (SSSR count). The molecular weight excluding hydrogens is 276 g/mol. The lowest BCUT2D eigenvalue weighted by Crippen LogP contribution is -2.72. The number of aliphatic hydroxyl groups is 4. The van der Waals surface area contributed by atoms with E-state index in [9.17, 15) is 25.2 Å². The maximum atomic E-state index is 12.0. The minimum atomic E-state index is -1.59. The molecule has 0 radical (unpaired) electrons. The third kappa shape index (κ3) is 1.44. The van der Waals surface area contributed by atoms with Gasteiger partial charge in [-0.05, 0) is 25.7 Å². The van der Waals surface area contributed by atoms with Crippen molar-refractivity contribution in [3.05, 3.63) is 11.6 Å². The van der Waals surface area contributed by atoms with Gasteiger partial charge in [0.05, 0.1) is 18.6 Å². The highest BCUT2D eigenvalue weighted by molar-refractivity contribution is 5.79. The Bertz CT molecular complexity index is 506. The van der Waals surface area contributed by atoms with E-state index in [0.717, 1.165) is 0 Å². The summed E-state index contributed by atoms with van der Waals surface area (Å²) >= 11 is 0. The number of carbonyl (C=O) groups is 1. The molecule has 1 saturated carbocycles. The van der Waals surface area contributed by atoms with E-state index in [-0.39, 0.29) is 5.92 Å². The van der Waals surface area contributed by atoms with Gasteiger partial charge in [-0.25, -0.2) is 4.79 Å². The Kier molecular flexibility index (Phi) is 3.05. The fourth-order valence-electron chi connectivity index (χ4n) is 4.64. The number of hydrogen-bond donors (Lipinski definition) is 4. The van der Waals surface area contributed by atoms with Gasteiger partial charge >= 0.3 is 5.97 Å². The monoisotopic (exact) mass is 298 g/mol. The third-order valence-electron chi connectivity index (χ3n) is 6.20. The van der Waals surface area contributed by atoms with E-state index in [1.165, 1.54) is 6.92 Å². The van der Waals surface area contributed by atoms with Crippen molar-refractivity contribution in [1.82, 2.24) is 0 Å². The summed E-state index contributed by atoms with van der Waals surface area (Å²) in [7, 11) is 0. The molecule has 0 amide bonds. The Balaban J connectivity index is 2.25. The molecule has 0 aromatic carbocycles. The normalized spacial score (nSPS) is 47.6. The maximum absolute atomic E-state index is 12.0. The van der Waals surface area contributed by atoms with Gasteiger partial charge in [0.2, 0.25) is 0 Å². The van der Waals surface area contributed by atoms with Gasteiger partial charge < -0.3 is 25.2 Å². The number of rotatable bonds is 2. The van der Waals surface area contributed by atoms with Crippen LogP contribution in [0.25, 0.3) is 0 Å². The van der Waals surface area contributed by atoms with Crippen LogP contribution in [0.2, 0.25) is 0 Å². The highest BCUT2D eigenvalue weighted by atomic mass is 16.6. The average molecular weight is 298 g/mol. The lowest BCUT2D eigenvalue weighted by Gasteiger charge is -2.61. The summed E-state index contributed by atoms with van der Waals surface area (Å²) in [6, 6.07) is 0. The highest BCUT2D eigenvalue weighted by Crippen LogP contribution is 2.65. The molecule has 118 valence electrons. The van der Waals surface area contributed by atoms with E-state index in [4.69, 9.17) is 4.74 Å². The van der Waals surface area contributed by atoms with Gasteiger partial charge in [0.25, 0.3) is 0 Å². The summed E-state index contributed by atoms with van der Waals surface area (Å²) in [4.78, 5) is 12.0. The lowest BCUT2D eigenvalue weighted by molar-refractivity contribution is -0.252. The van der Waals surface area contributed by atoms with Gasteiger partial charge in [-0.1, -0.05) is 18.6 Å². The number of fused-ring (bicyclic) bond motifs is 1. The maximum Gasteiger partial charge on any atom is 0.336 e. The first-order valence-corrected chi connectivity index (χ1v) is 7.31. The second kappa shape index (κ2) is 4.29. The van der Waals surface area contributed by atoms with Crippen molar-refractivity contribution >= 4 is 5.97 Å². The zero-order valence-electron chi connectivity index (χ0n) is 12.2. The van der Waals surface area contributed by atoms with E-state index < -0.39 is 47.8 Å². The highest BCUT2D eigenvalue weighted by Gasteiger charge is 2.71. The molecule has 1 spiro atoms. The molecule has 1 saturated heterocycles. The summed E-state index contributed by atoms with van der Waals surface area (Å²) in [6.45, 7) is 2.46. The van der Waals surface area contributed by atoms with Crippen LogP contribution in [0.3, 0.4) is 0 Å². The number of aliphatic hydroxyl groups excluding tert-OH is 3. The molecule has 3 aliphatic rings. The summed E-state index contributed by atoms with van der Waals surface area (Å²) < 4.78 is 5.21. The van der Waals surface area contributed by atoms with Crippen molar-refractivity contribution in [2.75, 3.05) is 13.2 Å². The first kappa shape index (κ1) is 15.0. The first-order valence-electron chi connectivity index (χ1n) is 7.31. The Morgan fingerprint density at radius 3 is 2.57 bits per heavy atom. The van der Waals surface area contributed by atoms with Crippen LogP contribution in [0.5, 0.6) is 0 Å². The summed E-state index contributed by atoms with van der Waals surface area (Å²) in [6.07, 6.45) is 0.603. The number of allylic oxidation sites excluding steroid dienone is 1. The first-order chi connectivity index (χ1) is 9.77. The molecule has 4 N–H and O–H groups in total. The van der Waals surface area contributed by atoms with Gasteiger partial charge in [-0.2, -0.15) is 0 Å². The van der Waals surface area contributed by atoms with Crippen LogP contribution >= 0.6 is 0 Å². The van der Waals surface area contributed by atoms with E-state index in [2.05, 4.69) is 0 Å². The molecule has 6 heteroatoms. The fourth-order valence-corrected chi connectivity index (χ4v) is 4.64. The third-order valence-corrected chi connectivity index (χ3v) is 6.20. The smallest absolute Gasteiger partial charge is 0.336 e. The van der Waals surface area contributed by atoms with Crippen LogP contribution in [0, 0.1) is 16.7 Å². The Labute approximate surface area is 123 Å². The molecule has 5 unspecified atom stereocenters. The topological polar surface area (TPSA) is 107 Å². The van der Waals surface area contributed by atoms with Gasteiger partial charge in [0.1, 0.15) is 11.7 Å². The van der Waals surface area contributed by atoms with E-state index in [1.54, 1.807) is 0 Å². The second-order valence-corrected chi connectivity index (χ2v) is 6.87. The number of ether oxygens (including phenoxy) is 1. The van der Waals surface area contributed by atoms with E-state index >= 15 is 0 Å². The van der Waals surface area contributed by atoms with Gasteiger partial charge in [0, 0.05) is 5.41 Å². The summed E-state index contributed by atoms with van der Waals surface area (Å²) in [5.41, 5.74) is -3.18. The molecule has 21 heavy (non-hydrogen) atoms. The van der Waals surface area contributed by atoms with Crippen LogP contribution in [-0.2, 0) is 9.53 Å². The van der Waals surface area contributed by atoms with Crippen molar-refractivity contribution in [3.8, 4) is 0 Å². The number of carbonyl (C=O) groups excluding carboxylic acids is 1. The van der Waals surface area contributed by atoms with Crippen molar-refractivity contribution in [2.45, 2.75) is 44.5 Å². The molecule has 0 aromatic rings. The predicted molar refractivity (Wildman–Crippen MR) is 72.0 cm³/mol. The SMILES string of the molecule is CC1CC=C2C13CC(OC(=O)C3O)C(C)(O)C2(CO)CO. The zero-order valence-corrected chi connectivity index (χ0v) is 12.2. The largest absolute Gasteiger partial charge is 0.457 e. The summed E-state index contributed by atoms with van der Waals surface area (Å²) in [5, 5.41) is 41.2. The van der Waals surface area contributed by atoms with Gasteiger partial charge in [-0.3, -0.25) is 0 Å². The molecule has 2 aliphatic carbocycles.